The standard InChI is InChI=1S/2C17H18N2O2.C15H30O5.2C9H16O4.2C8H16O4.2C6H14O2.C4H10O2/c2*1-12(20)18-16-7-3-14(4-8-16)11-15-5-9-17(10-6-15)19-13(2)21;1-17-11-7-3-5-9-13-19-15(16)20-14-10-6-4-8-12-18-2;2*1-7(2)9(10)13-6-8(12-4)5-11-3;2*1-4-8(5-11-2,6-12-3)7(9)10;2*1-7-5-3-4-6-8-2;1-5-3-4-6-2/h2*3-10H,11H2,1-2H3,(H,18,20)(H,19,21);3-14H2,1-2H3;2*8H,1,5-6H2,2-4H3;2*4-6H2,1-3H3,(H,9,10);2*3-6H2,1-2H3;3-4H2,1-2H3. The molecule has 35 heteroatoms. The second kappa shape index (κ2) is 95.5. The third-order valence-electron chi connectivity index (χ3n) is 18.0. The number of unbranched alkanes of at least 4 members (excludes halogenated alkanes) is 8. The molecule has 0 fully saturated rings. The molecule has 2 unspecified atom stereocenters. The average Bonchev–Trinajstić information content (AvgIpc) is 0.864. The maximum atomic E-state index is 11.2. The minimum atomic E-state index is -0.885. The Kier molecular flexibility index (Phi) is 96.5. The van der Waals surface area contributed by atoms with Gasteiger partial charge in [0.25, 0.3) is 0 Å². The van der Waals surface area contributed by atoms with Crippen molar-refractivity contribution < 1.29 is 148 Å². The molecule has 0 saturated heterocycles. The number of anilines is 4. The highest BCUT2D eigenvalue weighted by atomic mass is 16.7. The number of aliphatic carboxylic acids is 2. The van der Waals surface area contributed by atoms with Crippen LogP contribution in [0.1, 0.15) is 168 Å². The van der Waals surface area contributed by atoms with Gasteiger partial charge in [-0.05, 0) is 175 Å². The van der Waals surface area contributed by atoms with Crippen molar-refractivity contribution in [3.63, 3.8) is 0 Å². The maximum absolute atomic E-state index is 11.2. The number of amides is 4. The SMILES string of the molecule is C=C(C)C(=O)OCC(COC)OC.C=C(C)C(=O)OCC(COC)OC.CC(=O)Nc1ccc(Cc2ccc(NC(C)=O)cc2)cc1.CC(=O)Nc1ccc(Cc2ccc(NC(C)=O)cc2)cc1.CCC(COC)(COC)C(=O)O.CCC(COC)(COC)C(=O)O.COCCCCCCOC(=O)OCCCCCCOC.COCCCCOC.COCCCCOC.COCCOC. The molecule has 35 nitrogen and oxygen atoms in total. The fourth-order valence-corrected chi connectivity index (χ4v) is 10.5. The highest BCUT2D eigenvalue weighted by Gasteiger charge is 2.38. The number of esters is 2. The highest BCUT2D eigenvalue weighted by molar-refractivity contribution is 5.91. The molecule has 2 atom stereocenters. The number of ether oxygens (including phenoxy) is 20. The third-order valence-corrected chi connectivity index (χ3v) is 18.0. The van der Waals surface area contributed by atoms with E-state index < -0.39 is 40.9 Å². The van der Waals surface area contributed by atoms with Gasteiger partial charge in [-0.15, -0.1) is 0 Å². The molecule has 4 amide bonds. The molecule has 0 aliphatic heterocycles. The molecule has 0 aliphatic rings. The van der Waals surface area contributed by atoms with Crippen molar-refractivity contribution in [3.05, 3.63) is 144 Å². The topological polar surface area (TPSA) is 427 Å². The lowest BCUT2D eigenvalue weighted by atomic mass is 9.87. The van der Waals surface area contributed by atoms with E-state index in [-0.39, 0.29) is 75.5 Å². The summed E-state index contributed by atoms with van der Waals surface area (Å²) in [6.45, 7) is 28.9. The van der Waals surface area contributed by atoms with Crippen molar-refractivity contribution in [1.82, 2.24) is 0 Å². The van der Waals surface area contributed by atoms with Crippen molar-refractivity contribution in [2.75, 3.05) is 254 Å². The van der Waals surface area contributed by atoms with Crippen LogP contribution in [0.15, 0.2) is 121 Å². The van der Waals surface area contributed by atoms with Gasteiger partial charge >= 0.3 is 30.0 Å². The third kappa shape index (κ3) is 83.3. The Bertz CT molecular complexity index is 3170. The molecule has 0 radical (unpaired) electrons. The molecule has 134 heavy (non-hydrogen) atoms. The minimum absolute atomic E-state index is 0.0729. The van der Waals surface area contributed by atoms with Gasteiger partial charge < -0.3 is 126 Å². The van der Waals surface area contributed by atoms with Gasteiger partial charge in [0, 0.05) is 215 Å². The van der Waals surface area contributed by atoms with Crippen LogP contribution in [0.2, 0.25) is 0 Å². The molecule has 0 spiro atoms. The van der Waals surface area contributed by atoms with Gasteiger partial charge in [-0.1, -0.05) is 88.4 Å². The first-order valence-corrected chi connectivity index (χ1v) is 44.4. The van der Waals surface area contributed by atoms with Gasteiger partial charge in [-0.25, -0.2) is 14.4 Å². The lowest BCUT2D eigenvalue weighted by Gasteiger charge is -2.25. The summed E-state index contributed by atoms with van der Waals surface area (Å²) in [7, 11) is 25.7. The monoisotopic (exact) mass is 1910 g/mol. The fraction of sp³-hybridized carbons (Fsp3) is 0.626. The maximum Gasteiger partial charge on any atom is 0.508 e. The van der Waals surface area contributed by atoms with Crippen molar-refractivity contribution in [3.8, 4) is 0 Å². The van der Waals surface area contributed by atoms with Crippen LogP contribution in [0.4, 0.5) is 27.5 Å². The van der Waals surface area contributed by atoms with E-state index in [0.29, 0.717) is 63.6 Å². The molecular formula is C99H168N4O31. The normalized spacial score (nSPS) is 10.7. The predicted octanol–water partition coefficient (Wildman–Crippen LogP) is 15.4. The zero-order chi connectivity index (χ0) is 102. The van der Waals surface area contributed by atoms with Crippen LogP contribution >= 0.6 is 0 Å². The Labute approximate surface area is 799 Å². The van der Waals surface area contributed by atoms with E-state index in [1.54, 1.807) is 84.9 Å². The molecule has 0 aromatic heterocycles. The second-order valence-electron chi connectivity index (χ2n) is 30.0. The Morgan fingerprint density at radius 2 is 0.493 bits per heavy atom. The number of methoxy groups -OCH3 is 16. The smallest absolute Gasteiger partial charge is 0.481 e. The predicted molar refractivity (Wildman–Crippen MR) is 521 cm³/mol. The van der Waals surface area contributed by atoms with Crippen molar-refractivity contribution in [2.45, 2.75) is 170 Å². The van der Waals surface area contributed by atoms with Crippen molar-refractivity contribution in [2.24, 2.45) is 10.8 Å². The number of hydrogen-bond donors (Lipinski definition) is 6. The van der Waals surface area contributed by atoms with E-state index in [2.05, 4.69) is 43.9 Å². The molecule has 4 aromatic rings. The van der Waals surface area contributed by atoms with Crippen LogP contribution in [-0.2, 0) is 146 Å². The van der Waals surface area contributed by atoms with Gasteiger partial charge in [0.2, 0.25) is 23.6 Å². The Morgan fingerprint density at radius 3 is 0.657 bits per heavy atom. The van der Waals surface area contributed by atoms with E-state index in [1.165, 1.54) is 70.4 Å². The molecule has 4 aromatic carbocycles. The number of carbonyl (C=O) groups is 9. The molecule has 770 valence electrons. The zero-order valence-corrected chi connectivity index (χ0v) is 85.1. The number of carbonyl (C=O) groups excluding carboxylic acids is 7. The summed E-state index contributed by atoms with van der Waals surface area (Å²) in [6, 6.07) is 31.1. The van der Waals surface area contributed by atoms with Gasteiger partial charge in [-0.3, -0.25) is 28.8 Å². The number of carboxylic acids is 2. The fourth-order valence-electron chi connectivity index (χ4n) is 10.5. The molecule has 6 N–H and O–H groups in total. The van der Waals surface area contributed by atoms with Gasteiger partial charge in [0.15, 0.2) is 0 Å². The van der Waals surface area contributed by atoms with Crippen molar-refractivity contribution in [1.29, 1.82) is 0 Å². The highest BCUT2D eigenvalue weighted by Crippen LogP contribution is 2.25. The Hall–Kier alpha value is -9.25. The Morgan fingerprint density at radius 1 is 0.284 bits per heavy atom. The van der Waals surface area contributed by atoms with Crippen LogP contribution < -0.4 is 21.3 Å². The van der Waals surface area contributed by atoms with Gasteiger partial charge in [0.1, 0.15) is 36.3 Å². The molecule has 4 rings (SSSR count). The van der Waals surface area contributed by atoms with Crippen LogP contribution in [0.5, 0.6) is 0 Å². The van der Waals surface area contributed by atoms with E-state index in [1.807, 2.05) is 111 Å². The average molecular weight is 1910 g/mol. The van der Waals surface area contributed by atoms with Crippen molar-refractivity contribution >= 4 is 76.4 Å². The lowest BCUT2D eigenvalue weighted by molar-refractivity contribution is -0.157. The van der Waals surface area contributed by atoms with Gasteiger partial charge in [0.05, 0.1) is 66.1 Å². The van der Waals surface area contributed by atoms with Gasteiger partial charge in [-0.2, -0.15) is 0 Å². The first-order chi connectivity index (χ1) is 64.1. The van der Waals surface area contributed by atoms with E-state index in [4.69, 9.17) is 95.5 Å². The lowest BCUT2D eigenvalue weighted by Crippen LogP contribution is -2.39. The number of rotatable bonds is 59. The summed E-state index contributed by atoms with van der Waals surface area (Å²) in [5, 5.41) is 28.8. The number of hydrogen-bond acceptors (Lipinski definition) is 29. The second-order valence-corrected chi connectivity index (χ2v) is 30.0. The summed E-state index contributed by atoms with van der Waals surface area (Å²) in [6.07, 6.45) is 14.3. The van der Waals surface area contributed by atoms with E-state index in [9.17, 15) is 43.2 Å². The Balaban J connectivity index is -0.000000347. The summed E-state index contributed by atoms with van der Waals surface area (Å²) in [5.74, 6) is -2.83. The molecule has 0 aliphatic carbocycles. The van der Waals surface area contributed by atoms with E-state index >= 15 is 0 Å². The summed E-state index contributed by atoms with van der Waals surface area (Å²) in [4.78, 5) is 98.7. The molecule has 0 bridgehead atoms. The first kappa shape index (κ1) is 135. The largest absolute Gasteiger partial charge is 0.508 e. The summed E-state index contributed by atoms with van der Waals surface area (Å²) < 4.78 is 97.3. The number of carboxylic acid groups (broad SMARTS) is 2. The van der Waals surface area contributed by atoms with Crippen LogP contribution in [0.3, 0.4) is 0 Å². The first-order valence-electron chi connectivity index (χ1n) is 44.4. The molecular weight excluding hydrogens is 1740 g/mol. The summed E-state index contributed by atoms with van der Waals surface area (Å²) >= 11 is 0. The van der Waals surface area contributed by atoms with E-state index in [0.717, 1.165) is 175 Å². The number of nitrogens with one attached hydrogen (secondary N) is 4. The van der Waals surface area contributed by atoms with Crippen LogP contribution in [0.25, 0.3) is 0 Å². The van der Waals surface area contributed by atoms with Crippen LogP contribution in [-0.4, -0.2) is 309 Å². The zero-order valence-electron chi connectivity index (χ0n) is 85.1. The quantitative estimate of drug-likeness (QED) is 0.0103. The van der Waals surface area contributed by atoms with Crippen LogP contribution in [0, 0.1) is 10.8 Å². The molecule has 0 heterocycles. The molecule has 0 saturated carbocycles. The number of benzene rings is 4. The summed E-state index contributed by atoms with van der Waals surface area (Å²) in [5.41, 5.74) is 6.84. The minimum Gasteiger partial charge on any atom is -0.481 e.